The number of hydrogen-bond acceptors (Lipinski definition) is 3. The van der Waals surface area contributed by atoms with Crippen molar-refractivity contribution in [2.75, 3.05) is 12.0 Å². The number of esters is 1. The summed E-state index contributed by atoms with van der Waals surface area (Å²) in [6, 6.07) is 16.5. The van der Waals surface area contributed by atoms with Crippen molar-refractivity contribution < 1.29 is 14.3 Å². The molecule has 0 saturated carbocycles. The summed E-state index contributed by atoms with van der Waals surface area (Å²) in [5, 5.41) is 0. The van der Waals surface area contributed by atoms with Crippen molar-refractivity contribution in [3.63, 3.8) is 0 Å². The van der Waals surface area contributed by atoms with E-state index >= 15 is 0 Å². The number of nitrogens with zero attached hydrogens (tertiary/aromatic N) is 1. The van der Waals surface area contributed by atoms with E-state index in [4.69, 9.17) is 0 Å². The second-order valence-corrected chi connectivity index (χ2v) is 4.96. The molecule has 110 valence electrons. The highest BCUT2D eigenvalue weighted by atomic mass is 16.5. The van der Waals surface area contributed by atoms with E-state index in [1.165, 1.54) is 7.11 Å². The van der Waals surface area contributed by atoms with Gasteiger partial charge in [0.15, 0.2) is 0 Å². The van der Waals surface area contributed by atoms with Crippen molar-refractivity contribution in [2.24, 2.45) is 0 Å². The van der Waals surface area contributed by atoms with Crippen LogP contribution in [0.5, 0.6) is 0 Å². The maximum atomic E-state index is 12.2. The van der Waals surface area contributed by atoms with Crippen LogP contribution in [0.1, 0.15) is 22.0 Å². The van der Waals surface area contributed by atoms with Gasteiger partial charge in [-0.15, -0.1) is 0 Å². The van der Waals surface area contributed by atoms with E-state index in [1.54, 1.807) is 35.2 Å². The number of amides is 1. The lowest BCUT2D eigenvalue weighted by Gasteiger charge is -2.25. The van der Waals surface area contributed by atoms with Gasteiger partial charge in [-0.3, -0.25) is 9.69 Å². The molecule has 3 rings (SSSR count). The average Bonchev–Trinajstić information content (AvgIpc) is 2.96. The van der Waals surface area contributed by atoms with Crippen molar-refractivity contribution in [1.82, 2.24) is 0 Å². The van der Waals surface area contributed by atoms with Gasteiger partial charge in [0.05, 0.1) is 18.7 Å². The van der Waals surface area contributed by atoms with E-state index in [1.807, 2.05) is 36.4 Å². The summed E-state index contributed by atoms with van der Waals surface area (Å²) in [4.78, 5) is 25.4. The van der Waals surface area contributed by atoms with Gasteiger partial charge in [-0.2, -0.15) is 0 Å². The van der Waals surface area contributed by atoms with Crippen LogP contribution in [-0.2, 0) is 9.53 Å². The molecule has 1 heterocycles. The molecule has 0 aromatic heterocycles. The van der Waals surface area contributed by atoms with Gasteiger partial charge < -0.3 is 4.74 Å². The monoisotopic (exact) mass is 293 g/mol. The zero-order valence-corrected chi connectivity index (χ0v) is 12.1. The number of benzene rings is 2. The van der Waals surface area contributed by atoms with E-state index in [0.717, 1.165) is 11.3 Å². The lowest BCUT2D eigenvalue weighted by Crippen LogP contribution is -2.28. The summed E-state index contributed by atoms with van der Waals surface area (Å²) in [5.74, 6) is -0.461. The van der Waals surface area contributed by atoms with Crippen LogP contribution in [0.25, 0.3) is 0 Å². The zero-order valence-electron chi connectivity index (χ0n) is 12.1. The minimum Gasteiger partial charge on any atom is -0.465 e. The Hall–Kier alpha value is -2.88. The standard InChI is InChI=1S/C18H15NO3/c1-22-18(21)14-7-9-15(10-8-14)19-16(11-12-17(19)20)13-5-3-2-4-6-13/h2-12,16H,1H3. The molecule has 4 heteroatoms. The second-order valence-electron chi connectivity index (χ2n) is 4.96. The van der Waals surface area contributed by atoms with Crippen molar-refractivity contribution in [2.45, 2.75) is 6.04 Å². The number of rotatable bonds is 3. The van der Waals surface area contributed by atoms with Gasteiger partial charge in [0.25, 0.3) is 5.91 Å². The van der Waals surface area contributed by atoms with Gasteiger partial charge in [-0.25, -0.2) is 4.79 Å². The minimum atomic E-state index is -0.392. The number of carbonyl (C=O) groups excluding carboxylic acids is 2. The quantitative estimate of drug-likeness (QED) is 0.817. The van der Waals surface area contributed by atoms with Crippen molar-refractivity contribution >= 4 is 17.6 Å². The van der Waals surface area contributed by atoms with Gasteiger partial charge >= 0.3 is 5.97 Å². The van der Waals surface area contributed by atoms with Crippen molar-refractivity contribution in [3.8, 4) is 0 Å². The topological polar surface area (TPSA) is 46.6 Å². The fraction of sp³-hybridized carbons (Fsp3) is 0.111. The summed E-state index contributed by atoms with van der Waals surface area (Å²) in [7, 11) is 1.34. The maximum Gasteiger partial charge on any atom is 0.337 e. The normalized spacial score (nSPS) is 16.9. The molecule has 4 nitrogen and oxygen atoms in total. The Bertz CT molecular complexity index is 720. The highest BCUT2D eigenvalue weighted by Crippen LogP contribution is 2.32. The first-order chi connectivity index (χ1) is 10.7. The van der Waals surface area contributed by atoms with Crippen LogP contribution in [-0.4, -0.2) is 19.0 Å². The highest BCUT2D eigenvalue weighted by molar-refractivity contribution is 6.05. The predicted molar refractivity (Wildman–Crippen MR) is 83.6 cm³/mol. The summed E-state index contributed by atoms with van der Waals surface area (Å²) >= 11 is 0. The maximum absolute atomic E-state index is 12.2. The Balaban J connectivity index is 1.92. The molecule has 2 aromatic carbocycles. The Kier molecular flexibility index (Phi) is 3.74. The van der Waals surface area contributed by atoms with E-state index < -0.39 is 5.97 Å². The van der Waals surface area contributed by atoms with Crippen LogP contribution in [0.4, 0.5) is 5.69 Å². The van der Waals surface area contributed by atoms with Gasteiger partial charge in [-0.1, -0.05) is 36.4 Å². The summed E-state index contributed by atoms with van der Waals surface area (Å²) in [6.07, 6.45) is 3.46. The largest absolute Gasteiger partial charge is 0.465 e. The molecular weight excluding hydrogens is 278 g/mol. The van der Waals surface area contributed by atoms with Gasteiger partial charge in [-0.05, 0) is 29.8 Å². The van der Waals surface area contributed by atoms with Crippen LogP contribution in [0.3, 0.4) is 0 Å². The average molecular weight is 293 g/mol. The molecule has 1 aliphatic heterocycles. The summed E-state index contributed by atoms with van der Waals surface area (Å²) in [5.41, 5.74) is 2.25. The van der Waals surface area contributed by atoms with Gasteiger partial charge in [0.1, 0.15) is 0 Å². The SMILES string of the molecule is COC(=O)c1ccc(N2C(=O)C=CC2c2ccccc2)cc1. The van der Waals surface area contributed by atoms with Crippen LogP contribution < -0.4 is 4.90 Å². The number of methoxy groups -OCH3 is 1. The Morgan fingerprint density at radius 2 is 1.73 bits per heavy atom. The molecule has 1 atom stereocenters. The van der Waals surface area contributed by atoms with Crippen molar-refractivity contribution in [3.05, 3.63) is 77.9 Å². The molecule has 0 radical (unpaired) electrons. The van der Waals surface area contributed by atoms with Gasteiger partial charge in [0.2, 0.25) is 0 Å². The first-order valence-electron chi connectivity index (χ1n) is 6.95. The van der Waals surface area contributed by atoms with Crippen LogP contribution in [0.2, 0.25) is 0 Å². The molecule has 22 heavy (non-hydrogen) atoms. The molecule has 0 spiro atoms. The molecule has 1 amide bonds. The lowest BCUT2D eigenvalue weighted by atomic mass is 10.1. The van der Waals surface area contributed by atoms with Crippen LogP contribution in [0.15, 0.2) is 66.7 Å². The molecule has 2 aromatic rings. The first kappa shape index (κ1) is 14.1. The predicted octanol–water partition coefficient (Wildman–Crippen LogP) is 3.12. The Labute approximate surface area is 128 Å². The van der Waals surface area contributed by atoms with Crippen molar-refractivity contribution in [1.29, 1.82) is 0 Å². The van der Waals surface area contributed by atoms with E-state index in [0.29, 0.717) is 5.56 Å². The highest BCUT2D eigenvalue weighted by Gasteiger charge is 2.28. The fourth-order valence-corrected chi connectivity index (χ4v) is 2.55. The van der Waals surface area contributed by atoms with E-state index in [9.17, 15) is 9.59 Å². The third kappa shape index (κ3) is 2.51. The first-order valence-corrected chi connectivity index (χ1v) is 6.95. The number of anilines is 1. The smallest absolute Gasteiger partial charge is 0.337 e. The lowest BCUT2D eigenvalue weighted by molar-refractivity contribution is -0.113. The minimum absolute atomic E-state index is 0.0697. The molecular formula is C18H15NO3. The summed E-state index contributed by atoms with van der Waals surface area (Å²) < 4.78 is 4.68. The molecule has 0 aliphatic carbocycles. The Morgan fingerprint density at radius 1 is 1.05 bits per heavy atom. The zero-order chi connectivity index (χ0) is 15.5. The molecule has 0 saturated heterocycles. The second kappa shape index (κ2) is 5.85. The number of hydrogen-bond donors (Lipinski definition) is 0. The molecule has 0 fully saturated rings. The molecule has 0 N–H and O–H groups in total. The Morgan fingerprint density at radius 3 is 2.36 bits per heavy atom. The van der Waals surface area contributed by atoms with E-state index in [-0.39, 0.29) is 11.9 Å². The summed E-state index contributed by atoms with van der Waals surface area (Å²) in [6.45, 7) is 0. The third-order valence-electron chi connectivity index (χ3n) is 3.64. The molecule has 0 bridgehead atoms. The third-order valence-corrected chi connectivity index (χ3v) is 3.64. The van der Waals surface area contributed by atoms with Crippen LogP contribution >= 0.6 is 0 Å². The molecule has 1 unspecified atom stereocenters. The van der Waals surface area contributed by atoms with Gasteiger partial charge in [0, 0.05) is 11.8 Å². The number of ether oxygens (including phenoxy) is 1. The number of carbonyl (C=O) groups is 2. The van der Waals surface area contributed by atoms with Crippen LogP contribution in [0, 0.1) is 0 Å². The molecule has 1 aliphatic rings. The van der Waals surface area contributed by atoms with E-state index in [2.05, 4.69) is 4.74 Å². The fourth-order valence-electron chi connectivity index (χ4n) is 2.55.